The van der Waals surface area contributed by atoms with Crippen molar-refractivity contribution in [3.05, 3.63) is 11.3 Å². The Kier molecular flexibility index (Phi) is 4.39. The van der Waals surface area contributed by atoms with Gasteiger partial charge in [-0.3, -0.25) is 4.68 Å². The molecule has 1 aliphatic heterocycles. The van der Waals surface area contributed by atoms with Crippen molar-refractivity contribution in [2.24, 2.45) is 7.05 Å². The molecule has 0 bridgehead atoms. The van der Waals surface area contributed by atoms with E-state index in [9.17, 15) is 0 Å². The fourth-order valence-corrected chi connectivity index (χ4v) is 2.80. The predicted molar refractivity (Wildman–Crippen MR) is 82.2 cm³/mol. The molecule has 0 spiro atoms. The van der Waals surface area contributed by atoms with Gasteiger partial charge in [0.1, 0.15) is 5.82 Å². The molecule has 0 radical (unpaired) electrons. The van der Waals surface area contributed by atoms with Gasteiger partial charge in [0.15, 0.2) is 0 Å². The summed E-state index contributed by atoms with van der Waals surface area (Å²) in [6, 6.07) is 0.476. The van der Waals surface area contributed by atoms with Crippen LogP contribution in [0.1, 0.15) is 39.0 Å². The molecule has 20 heavy (non-hydrogen) atoms. The summed E-state index contributed by atoms with van der Waals surface area (Å²) >= 11 is 0. The quantitative estimate of drug-likeness (QED) is 0.914. The molecule has 0 saturated carbocycles. The largest absolute Gasteiger partial charge is 0.372 e. The average molecular weight is 280 g/mol. The Labute approximate surface area is 122 Å². The number of nitrogens with zero attached hydrogens (tertiary/aromatic N) is 3. The number of hydrogen-bond acceptors (Lipinski definition) is 4. The minimum Gasteiger partial charge on any atom is -0.372 e. The lowest BCUT2D eigenvalue weighted by atomic mass is 10.1. The molecule has 5 heteroatoms. The van der Waals surface area contributed by atoms with Gasteiger partial charge in [-0.2, -0.15) is 5.10 Å². The Balaban J connectivity index is 2.25. The lowest BCUT2D eigenvalue weighted by Gasteiger charge is -2.39. The molecule has 5 nitrogen and oxygen atoms in total. The number of nitrogens with one attached hydrogen (secondary N) is 1. The first-order chi connectivity index (χ1) is 9.30. The second kappa shape index (κ2) is 5.74. The lowest BCUT2D eigenvalue weighted by molar-refractivity contribution is -0.0281. The van der Waals surface area contributed by atoms with Gasteiger partial charge in [0.25, 0.3) is 0 Å². The number of aryl methyl sites for hydroxylation is 2. The van der Waals surface area contributed by atoms with E-state index in [0.29, 0.717) is 6.04 Å². The van der Waals surface area contributed by atoms with Crippen LogP contribution in [-0.4, -0.2) is 41.1 Å². The van der Waals surface area contributed by atoms with Gasteiger partial charge in [-0.15, -0.1) is 0 Å². The molecule has 2 rings (SSSR count). The molecule has 0 amide bonds. The van der Waals surface area contributed by atoms with Crippen molar-refractivity contribution in [1.29, 1.82) is 0 Å². The van der Waals surface area contributed by atoms with E-state index in [4.69, 9.17) is 4.74 Å². The van der Waals surface area contributed by atoms with E-state index in [0.717, 1.165) is 31.9 Å². The number of aromatic nitrogens is 2. The minimum absolute atomic E-state index is 0.0980. The first-order valence-electron chi connectivity index (χ1n) is 7.45. The molecule has 114 valence electrons. The van der Waals surface area contributed by atoms with Gasteiger partial charge in [0, 0.05) is 38.3 Å². The highest BCUT2D eigenvalue weighted by molar-refractivity contribution is 5.51. The maximum absolute atomic E-state index is 5.81. The van der Waals surface area contributed by atoms with Crippen LogP contribution in [0.5, 0.6) is 0 Å². The summed E-state index contributed by atoms with van der Waals surface area (Å²) in [7, 11) is 2.03. The zero-order valence-electron chi connectivity index (χ0n) is 13.7. The first-order valence-corrected chi connectivity index (χ1v) is 7.45. The van der Waals surface area contributed by atoms with Gasteiger partial charge in [-0.1, -0.05) is 13.8 Å². The molecule has 1 fully saturated rings. The molecule has 0 unspecified atom stereocenters. The average Bonchev–Trinajstić information content (AvgIpc) is 2.59. The van der Waals surface area contributed by atoms with Crippen LogP contribution in [0.4, 0.5) is 5.82 Å². The zero-order valence-corrected chi connectivity index (χ0v) is 13.7. The monoisotopic (exact) mass is 280 g/mol. The molecule has 1 aromatic heterocycles. The van der Waals surface area contributed by atoms with Crippen molar-refractivity contribution in [3.8, 4) is 0 Å². The van der Waals surface area contributed by atoms with E-state index in [-0.39, 0.29) is 5.60 Å². The summed E-state index contributed by atoms with van der Waals surface area (Å²) in [4.78, 5) is 2.40. The number of ether oxygens (including phenoxy) is 1. The fourth-order valence-electron chi connectivity index (χ4n) is 2.80. The zero-order chi connectivity index (χ0) is 14.9. The number of rotatable bonds is 4. The third-order valence-electron chi connectivity index (χ3n) is 3.73. The third kappa shape index (κ3) is 3.33. The Morgan fingerprint density at radius 3 is 2.70 bits per heavy atom. The van der Waals surface area contributed by atoms with Gasteiger partial charge in [0.05, 0.1) is 17.9 Å². The van der Waals surface area contributed by atoms with Crippen LogP contribution in [0.15, 0.2) is 0 Å². The van der Waals surface area contributed by atoms with E-state index < -0.39 is 0 Å². The molecule has 1 aromatic rings. The van der Waals surface area contributed by atoms with E-state index in [1.807, 2.05) is 11.7 Å². The van der Waals surface area contributed by atoms with E-state index in [1.54, 1.807) is 0 Å². The molecular formula is C15H28N4O. The van der Waals surface area contributed by atoms with E-state index in [2.05, 4.69) is 49.9 Å². The highest BCUT2D eigenvalue weighted by atomic mass is 16.5. The van der Waals surface area contributed by atoms with Gasteiger partial charge >= 0.3 is 0 Å². The Morgan fingerprint density at radius 1 is 1.40 bits per heavy atom. The molecule has 0 aromatic carbocycles. The summed E-state index contributed by atoms with van der Waals surface area (Å²) in [5, 5.41) is 8.11. The second-order valence-corrected chi connectivity index (χ2v) is 6.58. The second-order valence-electron chi connectivity index (χ2n) is 6.58. The van der Waals surface area contributed by atoms with Crippen LogP contribution in [-0.2, 0) is 18.3 Å². The number of anilines is 1. The van der Waals surface area contributed by atoms with Crippen molar-refractivity contribution in [1.82, 2.24) is 15.1 Å². The number of hydrogen-bond donors (Lipinski definition) is 1. The smallest absolute Gasteiger partial charge is 0.131 e. The summed E-state index contributed by atoms with van der Waals surface area (Å²) in [6.07, 6.45) is 0. The van der Waals surface area contributed by atoms with Crippen LogP contribution in [0.2, 0.25) is 0 Å². The predicted octanol–water partition coefficient (Wildman–Crippen LogP) is 1.84. The molecule has 1 aliphatic rings. The maximum Gasteiger partial charge on any atom is 0.131 e. The van der Waals surface area contributed by atoms with Crippen LogP contribution in [0, 0.1) is 6.92 Å². The van der Waals surface area contributed by atoms with Gasteiger partial charge in [-0.25, -0.2) is 0 Å². The van der Waals surface area contributed by atoms with Gasteiger partial charge in [0.2, 0.25) is 0 Å². The maximum atomic E-state index is 5.81. The summed E-state index contributed by atoms with van der Waals surface area (Å²) < 4.78 is 7.82. The molecule has 1 saturated heterocycles. The Hall–Kier alpha value is -1.07. The van der Waals surface area contributed by atoms with Crippen LogP contribution in [0.25, 0.3) is 0 Å². The van der Waals surface area contributed by atoms with Crippen LogP contribution < -0.4 is 10.2 Å². The summed E-state index contributed by atoms with van der Waals surface area (Å²) in [5.74, 6) is 1.23. The van der Waals surface area contributed by atoms with E-state index >= 15 is 0 Å². The van der Waals surface area contributed by atoms with Crippen LogP contribution in [0.3, 0.4) is 0 Å². The van der Waals surface area contributed by atoms with Crippen molar-refractivity contribution < 1.29 is 4.74 Å². The summed E-state index contributed by atoms with van der Waals surface area (Å²) in [6.45, 7) is 14.2. The minimum atomic E-state index is -0.0980. The third-order valence-corrected chi connectivity index (χ3v) is 3.73. The molecule has 0 atom stereocenters. The Morgan fingerprint density at radius 2 is 2.10 bits per heavy atom. The molecule has 2 heterocycles. The standard InChI is InChI=1S/C15H28N4O/c1-11(2)16-9-13-12(3)17-18(6)14(13)19-7-8-20-15(4,5)10-19/h11,16H,7-10H2,1-6H3. The highest BCUT2D eigenvalue weighted by Gasteiger charge is 2.30. The first kappa shape index (κ1) is 15.3. The molecular weight excluding hydrogens is 252 g/mol. The van der Waals surface area contributed by atoms with Crippen molar-refractivity contribution in [2.75, 3.05) is 24.6 Å². The van der Waals surface area contributed by atoms with E-state index in [1.165, 1.54) is 11.4 Å². The Bertz CT molecular complexity index is 465. The molecule has 0 aliphatic carbocycles. The van der Waals surface area contributed by atoms with Crippen LogP contribution >= 0.6 is 0 Å². The van der Waals surface area contributed by atoms with Crippen molar-refractivity contribution >= 4 is 5.82 Å². The van der Waals surface area contributed by atoms with Gasteiger partial charge < -0.3 is 15.0 Å². The number of morpholine rings is 1. The van der Waals surface area contributed by atoms with Crippen molar-refractivity contribution in [2.45, 2.75) is 52.8 Å². The highest BCUT2D eigenvalue weighted by Crippen LogP contribution is 2.27. The lowest BCUT2D eigenvalue weighted by Crippen LogP contribution is -2.49. The molecule has 1 N–H and O–H groups in total. The van der Waals surface area contributed by atoms with Crippen molar-refractivity contribution in [3.63, 3.8) is 0 Å². The topological polar surface area (TPSA) is 42.3 Å². The normalized spacial score (nSPS) is 18.9. The van der Waals surface area contributed by atoms with Gasteiger partial charge in [-0.05, 0) is 20.8 Å². The SMILES string of the molecule is Cc1nn(C)c(N2CCOC(C)(C)C2)c1CNC(C)C. The summed E-state index contributed by atoms with van der Waals surface area (Å²) in [5.41, 5.74) is 2.32. The fraction of sp³-hybridized carbons (Fsp3) is 0.800.